The van der Waals surface area contributed by atoms with Gasteiger partial charge in [0.25, 0.3) is 5.69 Å². The van der Waals surface area contributed by atoms with Crippen LogP contribution in [-0.4, -0.2) is 11.5 Å². The van der Waals surface area contributed by atoms with Crippen molar-refractivity contribution in [1.82, 2.24) is 0 Å². The number of hydrogen-bond acceptors (Lipinski definition) is 4. The minimum Gasteiger partial charge on any atom is -0.379 e. The second-order valence-electron chi connectivity index (χ2n) is 3.67. The molecule has 1 aromatic carbocycles. The summed E-state index contributed by atoms with van der Waals surface area (Å²) in [5.74, 6) is 0. The quantitative estimate of drug-likeness (QED) is 0.665. The molecule has 6 heteroatoms. The fraction of sp³-hybridized carbons (Fsp3) is 0.167. The zero-order valence-electron chi connectivity index (χ0n) is 9.43. The lowest BCUT2D eigenvalue weighted by atomic mass is 10.2. The van der Waals surface area contributed by atoms with Crippen LogP contribution >= 0.6 is 27.3 Å². The molecule has 0 bridgehead atoms. The van der Waals surface area contributed by atoms with E-state index in [0.29, 0.717) is 12.2 Å². The van der Waals surface area contributed by atoms with Gasteiger partial charge < -0.3 is 5.32 Å². The lowest BCUT2D eigenvalue weighted by molar-refractivity contribution is -0.384. The van der Waals surface area contributed by atoms with Gasteiger partial charge in [0.15, 0.2) is 0 Å². The fourth-order valence-electron chi connectivity index (χ4n) is 1.58. The monoisotopic (exact) mass is 326 g/mol. The van der Waals surface area contributed by atoms with Crippen LogP contribution < -0.4 is 5.32 Å². The Morgan fingerprint density at radius 3 is 2.89 bits per heavy atom. The van der Waals surface area contributed by atoms with Crippen molar-refractivity contribution in [3.63, 3.8) is 0 Å². The molecule has 0 saturated carbocycles. The molecule has 1 heterocycles. The van der Waals surface area contributed by atoms with Gasteiger partial charge in [-0.2, -0.15) is 0 Å². The van der Waals surface area contributed by atoms with Gasteiger partial charge in [0, 0.05) is 22.0 Å². The third-order valence-electron chi connectivity index (χ3n) is 2.42. The summed E-state index contributed by atoms with van der Waals surface area (Å²) < 4.78 is 0.826. The average molecular weight is 327 g/mol. The van der Waals surface area contributed by atoms with Crippen molar-refractivity contribution in [2.24, 2.45) is 0 Å². The van der Waals surface area contributed by atoms with Crippen molar-refractivity contribution in [2.75, 3.05) is 11.9 Å². The van der Waals surface area contributed by atoms with Gasteiger partial charge in [0.05, 0.1) is 4.92 Å². The van der Waals surface area contributed by atoms with Crippen molar-refractivity contribution >= 4 is 38.6 Å². The van der Waals surface area contributed by atoms with Crippen LogP contribution in [0.15, 0.2) is 40.2 Å². The van der Waals surface area contributed by atoms with Gasteiger partial charge in [-0.3, -0.25) is 10.1 Å². The highest BCUT2D eigenvalue weighted by Crippen LogP contribution is 2.27. The van der Waals surface area contributed by atoms with Gasteiger partial charge in [-0.05, 0) is 30.0 Å². The van der Waals surface area contributed by atoms with E-state index in [2.05, 4.69) is 27.3 Å². The second kappa shape index (κ2) is 5.97. The third kappa shape index (κ3) is 3.30. The van der Waals surface area contributed by atoms with Crippen LogP contribution in [0.4, 0.5) is 11.4 Å². The second-order valence-corrected chi connectivity index (χ2v) is 5.62. The van der Waals surface area contributed by atoms with Crippen molar-refractivity contribution in [2.45, 2.75) is 6.42 Å². The summed E-state index contributed by atoms with van der Waals surface area (Å²) in [6.45, 7) is 0.678. The van der Waals surface area contributed by atoms with Crippen LogP contribution in [-0.2, 0) is 6.42 Å². The molecular formula is C12H11BrN2O2S. The number of nitrogens with one attached hydrogen (secondary N) is 1. The zero-order chi connectivity index (χ0) is 13.0. The van der Waals surface area contributed by atoms with Gasteiger partial charge in [0.1, 0.15) is 5.69 Å². The molecule has 0 aliphatic carbocycles. The van der Waals surface area contributed by atoms with Crippen LogP contribution in [0.1, 0.15) is 4.88 Å². The first-order valence-corrected chi connectivity index (χ1v) is 7.04. The highest BCUT2D eigenvalue weighted by atomic mass is 79.9. The number of nitro groups is 1. The third-order valence-corrected chi connectivity index (χ3v) is 3.85. The molecule has 2 rings (SSSR count). The van der Waals surface area contributed by atoms with Gasteiger partial charge in [-0.25, -0.2) is 0 Å². The maximum atomic E-state index is 10.9. The molecule has 94 valence electrons. The van der Waals surface area contributed by atoms with Gasteiger partial charge in [0.2, 0.25) is 0 Å². The summed E-state index contributed by atoms with van der Waals surface area (Å²) in [5, 5.41) is 16.0. The molecule has 2 aromatic rings. The highest BCUT2D eigenvalue weighted by Gasteiger charge is 2.13. The Labute approximate surface area is 117 Å². The maximum absolute atomic E-state index is 10.9. The number of halogens is 1. The summed E-state index contributed by atoms with van der Waals surface area (Å²) in [4.78, 5) is 11.8. The molecule has 1 N–H and O–H groups in total. The van der Waals surface area contributed by atoms with Crippen molar-refractivity contribution in [3.8, 4) is 0 Å². The Morgan fingerprint density at radius 1 is 1.39 bits per heavy atom. The molecule has 0 saturated heterocycles. The molecule has 18 heavy (non-hydrogen) atoms. The molecular weight excluding hydrogens is 316 g/mol. The smallest absolute Gasteiger partial charge is 0.292 e. The topological polar surface area (TPSA) is 55.2 Å². The van der Waals surface area contributed by atoms with E-state index < -0.39 is 0 Å². The van der Waals surface area contributed by atoms with Gasteiger partial charge in [-0.15, -0.1) is 11.3 Å². The van der Waals surface area contributed by atoms with Crippen molar-refractivity contribution in [1.29, 1.82) is 0 Å². The van der Waals surface area contributed by atoms with E-state index in [4.69, 9.17) is 0 Å². The Hall–Kier alpha value is -1.40. The van der Waals surface area contributed by atoms with Crippen LogP contribution in [0.3, 0.4) is 0 Å². The minimum absolute atomic E-state index is 0.101. The number of anilines is 1. The Morgan fingerprint density at radius 2 is 2.22 bits per heavy atom. The Kier molecular flexibility index (Phi) is 4.33. The number of hydrogen-bond donors (Lipinski definition) is 1. The first-order valence-electron chi connectivity index (χ1n) is 5.37. The average Bonchev–Trinajstić information content (AvgIpc) is 2.82. The van der Waals surface area contributed by atoms with E-state index in [-0.39, 0.29) is 10.6 Å². The van der Waals surface area contributed by atoms with E-state index in [1.54, 1.807) is 23.5 Å². The van der Waals surface area contributed by atoms with E-state index in [0.717, 1.165) is 10.9 Å². The van der Waals surface area contributed by atoms with Crippen LogP contribution in [0.5, 0.6) is 0 Å². The molecule has 1 aromatic heterocycles. The van der Waals surface area contributed by atoms with Crippen LogP contribution in [0.25, 0.3) is 0 Å². The molecule has 0 fully saturated rings. The first kappa shape index (κ1) is 13.0. The Balaban J connectivity index is 2.03. The number of benzene rings is 1. The maximum Gasteiger partial charge on any atom is 0.292 e. The number of nitrogens with zero attached hydrogens (tertiary/aromatic N) is 1. The first-order chi connectivity index (χ1) is 8.66. The lowest BCUT2D eigenvalue weighted by Gasteiger charge is -2.06. The van der Waals surface area contributed by atoms with E-state index in [1.807, 2.05) is 11.4 Å². The largest absolute Gasteiger partial charge is 0.379 e. The zero-order valence-corrected chi connectivity index (χ0v) is 11.8. The van der Waals surface area contributed by atoms with Crippen LogP contribution in [0.2, 0.25) is 0 Å². The predicted octanol–water partition coefficient (Wildman–Crippen LogP) is 4.07. The van der Waals surface area contributed by atoms with Crippen LogP contribution in [0, 0.1) is 10.1 Å². The summed E-state index contributed by atoms with van der Waals surface area (Å²) in [6, 6.07) is 8.95. The number of rotatable bonds is 5. The number of nitro benzene ring substituents is 1. The van der Waals surface area contributed by atoms with Gasteiger partial charge >= 0.3 is 0 Å². The standard InChI is InChI=1S/C12H11BrN2O2S/c13-9-3-4-12(15(16)17)11(8-9)14-6-5-10-2-1-7-18-10/h1-4,7-8,14H,5-6H2. The van der Waals surface area contributed by atoms with E-state index in [1.165, 1.54) is 10.9 Å². The summed E-state index contributed by atoms with van der Waals surface area (Å²) in [6.07, 6.45) is 0.862. The van der Waals surface area contributed by atoms with Gasteiger partial charge in [-0.1, -0.05) is 22.0 Å². The molecule has 4 nitrogen and oxygen atoms in total. The minimum atomic E-state index is -0.375. The summed E-state index contributed by atoms with van der Waals surface area (Å²) >= 11 is 5.00. The summed E-state index contributed by atoms with van der Waals surface area (Å²) in [7, 11) is 0. The van der Waals surface area contributed by atoms with Crippen molar-refractivity contribution < 1.29 is 4.92 Å². The Bertz CT molecular complexity index is 543. The lowest BCUT2D eigenvalue weighted by Crippen LogP contribution is -2.06. The predicted molar refractivity (Wildman–Crippen MR) is 77.3 cm³/mol. The number of thiophene rings is 1. The molecule has 0 amide bonds. The molecule has 0 spiro atoms. The summed E-state index contributed by atoms with van der Waals surface area (Å²) in [5.41, 5.74) is 0.648. The molecule has 0 aliphatic heterocycles. The molecule has 0 aliphatic rings. The molecule has 0 unspecified atom stereocenters. The van der Waals surface area contributed by atoms with Crippen molar-refractivity contribution in [3.05, 3.63) is 55.2 Å². The highest BCUT2D eigenvalue weighted by molar-refractivity contribution is 9.10. The van der Waals surface area contributed by atoms with E-state index >= 15 is 0 Å². The molecule has 0 atom stereocenters. The molecule has 0 radical (unpaired) electrons. The normalized spacial score (nSPS) is 10.3. The fourth-order valence-corrected chi connectivity index (χ4v) is 2.65. The van der Waals surface area contributed by atoms with E-state index in [9.17, 15) is 10.1 Å². The SMILES string of the molecule is O=[N+]([O-])c1ccc(Br)cc1NCCc1cccs1.